The van der Waals surface area contributed by atoms with E-state index in [1.165, 1.54) is 11.1 Å². The van der Waals surface area contributed by atoms with Gasteiger partial charge in [-0.15, -0.1) is 0 Å². The molecule has 0 radical (unpaired) electrons. The molecule has 4 nitrogen and oxygen atoms in total. The highest BCUT2D eigenvalue weighted by Gasteiger charge is 2.27. The number of Topliss-reactive ketones (excluding diaryl/α,β-unsaturated/α-hetero) is 1. The summed E-state index contributed by atoms with van der Waals surface area (Å²) in [6.45, 7) is 4.52. The SMILES string of the molecule is COc1ccc2c(c1)C(=C1CCN(CCC(C)=O)CC1)c1ccccc1O2. The maximum Gasteiger partial charge on any atom is 0.135 e. The fourth-order valence-corrected chi connectivity index (χ4v) is 3.94. The van der Waals surface area contributed by atoms with Gasteiger partial charge in [0, 0.05) is 37.2 Å². The highest BCUT2D eigenvalue weighted by molar-refractivity contribution is 5.90. The van der Waals surface area contributed by atoms with E-state index in [0.717, 1.165) is 60.9 Å². The summed E-state index contributed by atoms with van der Waals surface area (Å²) in [5.41, 5.74) is 5.02. The number of ketones is 1. The van der Waals surface area contributed by atoms with Gasteiger partial charge in [0.15, 0.2) is 0 Å². The molecule has 2 aromatic carbocycles. The Labute approximate surface area is 160 Å². The Kier molecular flexibility index (Phi) is 4.99. The average Bonchev–Trinajstić information content (AvgIpc) is 2.70. The van der Waals surface area contributed by atoms with Gasteiger partial charge >= 0.3 is 0 Å². The number of methoxy groups -OCH3 is 1. The molecule has 4 rings (SSSR count). The van der Waals surface area contributed by atoms with Crippen molar-refractivity contribution in [1.29, 1.82) is 0 Å². The maximum absolute atomic E-state index is 11.3. The number of hydrogen-bond acceptors (Lipinski definition) is 4. The van der Waals surface area contributed by atoms with Gasteiger partial charge in [-0.05, 0) is 49.6 Å². The van der Waals surface area contributed by atoms with Crippen LogP contribution in [-0.4, -0.2) is 37.4 Å². The largest absolute Gasteiger partial charge is 0.497 e. The number of para-hydroxylation sites is 1. The third-order valence-corrected chi connectivity index (χ3v) is 5.43. The minimum absolute atomic E-state index is 0.263. The van der Waals surface area contributed by atoms with E-state index >= 15 is 0 Å². The maximum atomic E-state index is 11.3. The monoisotopic (exact) mass is 363 g/mol. The standard InChI is InChI=1S/C23H25NO3/c1-16(25)9-12-24-13-10-17(11-14-24)23-19-5-3-4-6-21(19)27-22-8-7-18(26-2)15-20(22)23/h3-8,15H,9-14H2,1-2H3. The average molecular weight is 363 g/mol. The van der Waals surface area contributed by atoms with Gasteiger partial charge in [0.05, 0.1) is 7.11 Å². The molecule has 2 aliphatic rings. The number of rotatable bonds is 4. The molecule has 1 saturated heterocycles. The van der Waals surface area contributed by atoms with E-state index in [1.54, 1.807) is 14.0 Å². The molecular weight excluding hydrogens is 338 g/mol. The number of ether oxygens (including phenoxy) is 2. The van der Waals surface area contributed by atoms with Crippen LogP contribution in [0.15, 0.2) is 48.0 Å². The Morgan fingerprint density at radius 2 is 1.81 bits per heavy atom. The molecule has 2 aliphatic heterocycles. The molecule has 0 saturated carbocycles. The fourth-order valence-electron chi connectivity index (χ4n) is 3.94. The molecule has 0 spiro atoms. The van der Waals surface area contributed by atoms with Gasteiger partial charge < -0.3 is 14.4 Å². The normalized spacial score (nSPS) is 16.4. The van der Waals surface area contributed by atoms with E-state index in [0.29, 0.717) is 6.42 Å². The summed E-state index contributed by atoms with van der Waals surface area (Å²) in [6.07, 6.45) is 2.67. The second-order valence-electron chi connectivity index (χ2n) is 7.23. The van der Waals surface area contributed by atoms with E-state index in [-0.39, 0.29) is 5.78 Å². The summed E-state index contributed by atoms with van der Waals surface area (Å²) in [5.74, 6) is 2.90. The molecular formula is C23H25NO3. The zero-order valence-electron chi connectivity index (χ0n) is 16.0. The Balaban J connectivity index is 1.70. The zero-order valence-corrected chi connectivity index (χ0v) is 16.0. The van der Waals surface area contributed by atoms with E-state index in [1.807, 2.05) is 24.3 Å². The van der Waals surface area contributed by atoms with Crippen LogP contribution in [0.3, 0.4) is 0 Å². The topological polar surface area (TPSA) is 38.8 Å². The van der Waals surface area contributed by atoms with Crippen LogP contribution in [0.1, 0.15) is 37.3 Å². The molecule has 0 N–H and O–H groups in total. The van der Waals surface area contributed by atoms with Crippen LogP contribution < -0.4 is 9.47 Å². The van der Waals surface area contributed by atoms with Crippen LogP contribution in [0.5, 0.6) is 17.2 Å². The minimum Gasteiger partial charge on any atom is -0.497 e. The molecule has 0 aliphatic carbocycles. The Bertz CT molecular complexity index is 890. The highest BCUT2D eigenvalue weighted by atomic mass is 16.5. The summed E-state index contributed by atoms with van der Waals surface area (Å²) in [4.78, 5) is 13.7. The summed E-state index contributed by atoms with van der Waals surface area (Å²) in [6, 6.07) is 14.3. The zero-order chi connectivity index (χ0) is 18.8. The van der Waals surface area contributed by atoms with Crippen molar-refractivity contribution in [3.05, 3.63) is 59.2 Å². The highest BCUT2D eigenvalue weighted by Crippen LogP contribution is 2.47. The summed E-state index contributed by atoms with van der Waals surface area (Å²) < 4.78 is 11.6. The summed E-state index contributed by atoms with van der Waals surface area (Å²) in [7, 11) is 1.69. The first-order valence-electron chi connectivity index (χ1n) is 9.55. The lowest BCUT2D eigenvalue weighted by Gasteiger charge is -2.32. The number of likely N-dealkylation sites (tertiary alicyclic amines) is 1. The van der Waals surface area contributed by atoms with Crippen LogP contribution in [0.2, 0.25) is 0 Å². The van der Waals surface area contributed by atoms with Crippen LogP contribution >= 0.6 is 0 Å². The van der Waals surface area contributed by atoms with E-state index in [4.69, 9.17) is 9.47 Å². The molecule has 2 heterocycles. The van der Waals surface area contributed by atoms with Gasteiger partial charge in [0.1, 0.15) is 23.0 Å². The van der Waals surface area contributed by atoms with Gasteiger partial charge in [-0.2, -0.15) is 0 Å². The van der Waals surface area contributed by atoms with Crippen molar-refractivity contribution in [2.24, 2.45) is 0 Å². The van der Waals surface area contributed by atoms with Crippen molar-refractivity contribution < 1.29 is 14.3 Å². The fraction of sp³-hybridized carbons (Fsp3) is 0.348. The molecule has 0 bridgehead atoms. The molecule has 2 aromatic rings. The third-order valence-electron chi connectivity index (χ3n) is 5.43. The van der Waals surface area contributed by atoms with Crippen LogP contribution in [0, 0.1) is 0 Å². The smallest absolute Gasteiger partial charge is 0.135 e. The number of carbonyl (C=O) groups is 1. The predicted octanol–water partition coefficient (Wildman–Crippen LogP) is 4.68. The van der Waals surface area contributed by atoms with Crippen molar-refractivity contribution in [3.8, 4) is 17.2 Å². The second-order valence-corrected chi connectivity index (χ2v) is 7.23. The summed E-state index contributed by atoms with van der Waals surface area (Å²) in [5, 5.41) is 0. The van der Waals surface area contributed by atoms with Crippen LogP contribution in [0.25, 0.3) is 5.57 Å². The molecule has 140 valence electrons. The van der Waals surface area contributed by atoms with Gasteiger partial charge in [-0.3, -0.25) is 4.79 Å². The Hall–Kier alpha value is -2.59. The number of fused-ring (bicyclic) bond motifs is 2. The molecule has 1 fully saturated rings. The van der Waals surface area contributed by atoms with Crippen molar-refractivity contribution in [1.82, 2.24) is 4.90 Å². The first-order valence-corrected chi connectivity index (χ1v) is 9.55. The Morgan fingerprint density at radius 3 is 2.56 bits per heavy atom. The number of piperidine rings is 1. The van der Waals surface area contributed by atoms with E-state index < -0.39 is 0 Å². The molecule has 0 unspecified atom stereocenters. The van der Waals surface area contributed by atoms with Crippen molar-refractivity contribution in [2.45, 2.75) is 26.2 Å². The van der Waals surface area contributed by atoms with Crippen molar-refractivity contribution >= 4 is 11.4 Å². The summed E-state index contributed by atoms with van der Waals surface area (Å²) >= 11 is 0. The second kappa shape index (κ2) is 7.57. The van der Waals surface area contributed by atoms with Crippen LogP contribution in [0.4, 0.5) is 0 Å². The quantitative estimate of drug-likeness (QED) is 0.675. The molecule has 0 atom stereocenters. The first kappa shape index (κ1) is 17.8. The lowest BCUT2D eigenvalue weighted by atomic mass is 9.86. The Morgan fingerprint density at radius 1 is 1.07 bits per heavy atom. The van der Waals surface area contributed by atoms with Crippen molar-refractivity contribution in [3.63, 3.8) is 0 Å². The number of nitrogens with zero attached hydrogens (tertiary/aromatic N) is 1. The first-order chi connectivity index (χ1) is 13.2. The third kappa shape index (κ3) is 3.62. The number of hydrogen-bond donors (Lipinski definition) is 0. The van der Waals surface area contributed by atoms with Gasteiger partial charge in [0.2, 0.25) is 0 Å². The molecule has 4 heteroatoms. The minimum atomic E-state index is 0.263. The van der Waals surface area contributed by atoms with Crippen LogP contribution in [-0.2, 0) is 4.79 Å². The van der Waals surface area contributed by atoms with E-state index in [9.17, 15) is 4.79 Å². The van der Waals surface area contributed by atoms with Crippen molar-refractivity contribution in [2.75, 3.05) is 26.7 Å². The van der Waals surface area contributed by atoms with E-state index in [2.05, 4.69) is 23.1 Å². The lowest BCUT2D eigenvalue weighted by molar-refractivity contribution is -0.117. The number of carbonyl (C=O) groups excluding carboxylic acids is 1. The van der Waals surface area contributed by atoms with Gasteiger partial charge in [0.25, 0.3) is 0 Å². The predicted molar refractivity (Wildman–Crippen MR) is 107 cm³/mol. The number of benzene rings is 2. The lowest BCUT2D eigenvalue weighted by Crippen LogP contribution is -2.32. The van der Waals surface area contributed by atoms with Gasteiger partial charge in [-0.1, -0.05) is 23.8 Å². The molecule has 27 heavy (non-hydrogen) atoms. The van der Waals surface area contributed by atoms with Gasteiger partial charge in [-0.25, -0.2) is 0 Å². The molecule has 0 aromatic heterocycles. The molecule has 0 amide bonds.